The summed E-state index contributed by atoms with van der Waals surface area (Å²) in [6, 6.07) is 14.7. The Balaban J connectivity index is 2.79. The Bertz CT molecular complexity index is 288. The fourth-order valence-corrected chi connectivity index (χ4v) is 4.69. The molecule has 0 atom stereocenters. The normalized spacial score (nSPS) is 12.2. The maximum absolute atomic E-state index is 2.53. The molecule has 0 nitrogen and oxygen atoms in total. The minimum Gasteiger partial charge on any atom is -0.0936 e. The molecule has 0 saturated heterocycles. The summed E-state index contributed by atoms with van der Waals surface area (Å²) in [6.45, 7) is 7.03. The largest absolute Gasteiger partial charge is 0.0936 e. The van der Waals surface area contributed by atoms with E-state index in [1.807, 2.05) is 0 Å². The summed E-state index contributed by atoms with van der Waals surface area (Å²) >= 11 is 0. The van der Waals surface area contributed by atoms with Crippen molar-refractivity contribution in [2.45, 2.75) is 38.9 Å². The SMILES string of the molecule is CC[Si](/C=C\c1ccccc1)(CC)CC. The number of hydrogen-bond acceptors (Lipinski definition) is 0. The van der Waals surface area contributed by atoms with Crippen LogP contribution in [0.4, 0.5) is 0 Å². The molecule has 0 aromatic heterocycles. The van der Waals surface area contributed by atoms with Crippen molar-refractivity contribution in [1.82, 2.24) is 0 Å². The molecule has 1 rings (SSSR count). The summed E-state index contributed by atoms with van der Waals surface area (Å²) in [5, 5.41) is 0. The second-order valence-electron chi connectivity index (χ2n) is 4.17. The van der Waals surface area contributed by atoms with Gasteiger partial charge in [-0.25, -0.2) is 0 Å². The topological polar surface area (TPSA) is 0 Å². The van der Waals surface area contributed by atoms with Gasteiger partial charge < -0.3 is 0 Å². The number of rotatable bonds is 5. The van der Waals surface area contributed by atoms with Crippen molar-refractivity contribution >= 4 is 14.1 Å². The third-order valence-corrected chi connectivity index (χ3v) is 8.64. The van der Waals surface area contributed by atoms with Gasteiger partial charge in [-0.05, 0) is 5.56 Å². The highest BCUT2D eigenvalue weighted by molar-refractivity contribution is 6.84. The summed E-state index contributed by atoms with van der Waals surface area (Å²) in [6.07, 6.45) is 2.32. The fourth-order valence-electron chi connectivity index (χ4n) is 1.94. The summed E-state index contributed by atoms with van der Waals surface area (Å²) in [7, 11) is -1.08. The van der Waals surface area contributed by atoms with Gasteiger partial charge in [0, 0.05) is 0 Å². The van der Waals surface area contributed by atoms with Crippen LogP contribution in [0.5, 0.6) is 0 Å². The van der Waals surface area contributed by atoms with E-state index in [-0.39, 0.29) is 0 Å². The molecule has 0 N–H and O–H groups in total. The van der Waals surface area contributed by atoms with Gasteiger partial charge in [0.1, 0.15) is 0 Å². The molecule has 15 heavy (non-hydrogen) atoms. The highest BCUT2D eigenvalue weighted by Crippen LogP contribution is 2.22. The van der Waals surface area contributed by atoms with Gasteiger partial charge in [-0.1, -0.05) is 81.0 Å². The molecule has 0 saturated carbocycles. The predicted octanol–water partition coefficient (Wildman–Crippen LogP) is 4.75. The maximum atomic E-state index is 2.53. The molecule has 0 aliphatic rings. The van der Waals surface area contributed by atoms with E-state index in [0.29, 0.717) is 0 Å². The molecule has 82 valence electrons. The molecule has 0 heterocycles. The molecule has 0 radical (unpaired) electrons. The van der Waals surface area contributed by atoms with E-state index >= 15 is 0 Å². The van der Waals surface area contributed by atoms with Crippen LogP contribution in [0.25, 0.3) is 6.08 Å². The van der Waals surface area contributed by atoms with Crippen molar-refractivity contribution in [3.8, 4) is 0 Å². The molecule has 0 fully saturated rings. The summed E-state index contributed by atoms with van der Waals surface area (Å²) in [4.78, 5) is 0. The van der Waals surface area contributed by atoms with Crippen molar-refractivity contribution < 1.29 is 0 Å². The summed E-state index contributed by atoms with van der Waals surface area (Å²) < 4.78 is 0. The third kappa shape index (κ3) is 3.35. The zero-order valence-electron chi connectivity index (χ0n) is 10.2. The molecule has 0 aliphatic heterocycles. The molecule has 1 heteroatoms. The third-order valence-electron chi connectivity index (χ3n) is 3.54. The minimum absolute atomic E-state index is 1.08. The zero-order chi connectivity index (χ0) is 11.1. The van der Waals surface area contributed by atoms with E-state index in [2.05, 4.69) is 62.9 Å². The first-order chi connectivity index (χ1) is 7.26. The Kier molecular flexibility index (Phi) is 4.83. The van der Waals surface area contributed by atoms with E-state index in [0.717, 1.165) is 0 Å². The second-order valence-corrected chi connectivity index (χ2v) is 9.35. The van der Waals surface area contributed by atoms with Crippen LogP contribution in [-0.2, 0) is 0 Å². The van der Waals surface area contributed by atoms with Gasteiger partial charge in [0.2, 0.25) is 0 Å². The van der Waals surface area contributed by atoms with E-state index in [9.17, 15) is 0 Å². The van der Waals surface area contributed by atoms with Gasteiger partial charge in [-0.2, -0.15) is 0 Å². The monoisotopic (exact) mass is 218 g/mol. The van der Waals surface area contributed by atoms with Crippen molar-refractivity contribution in [3.63, 3.8) is 0 Å². The fraction of sp³-hybridized carbons (Fsp3) is 0.429. The van der Waals surface area contributed by atoms with Crippen molar-refractivity contribution in [2.75, 3.05) is 0 Å². The average molecular weight is 218 g/mol. The van der Waals surface area contributed by atoms with Crippen LogP contribution in [0.3, 0.4) is 0 Å². The van der Waals surface area contributed by atoms with Crippen molar-refractivity contribution in [1.29, 1.82) is 0 Å². The molecule has 1 aromatic carbocycles. The second kappa shape index (κ2) is 5.91. The highest BCUT2D eigenvalue weighted by Gasteiger charge is 2.22. The Morgan fingerprint density at radius 3 is 1.93 bits per heavy atom. The minimum atomic E-state index is -1.08. The van der Waals surface area contributed by atoms with Crippen LogP contribution in [0, 0.1) is 0 Å². The van der Waals surface area contributed by atoms with Crippen LogP contribution in [0.1, 0.15) is 26.3 Å². The molecule has 0 aliphatic carbocycles. The molecule has 1 aromatic rings. The lowest BCUT2D eigenvalue weighted by Gasteiger charge is -2.23. The zero-order valence-corrected chi connectivity index (χ0v) is 11.2. The predicted molar refractivity (Wildman–Crippen MR) is 72.7 cm³/mol. The van der Waals surface area contributed by atoms with Gasteiger partial charge in [-0.3, -0.25) is 0 Å². The molecule has 0 amide bonds. The smallest absolute Gasteiger partial charge is 0.0770 e. The molecule has 0 spiro atoms. The average Bonchev–Trinajstić information content (AvgIpc) is 2.33. The Morgan fingerprint density at radius 1 is 0.933 bits per heavy atom. The quantitative estimate of drug-likeness (QED) is 0.626. The van der Waals surface area contributed by atoms with Crippen LogP contribution in [0.2, 0.25) is 18.1 Å². The Morgan fingerprint density at radius 2 is 1.47 bits per heavy atom. The van der Waals surface area contributed by atoms with Crippen LogP contribution in [-0.4, -0.2) is 8.07 Å². The first kappa shape index (κ1) is 12.2. The molecular formula is C14H22Si. The Labute approximate surface area is 95.0 Å². The van der Waals surface area contributed by atoms with Crippen molar-refractivity contribution in [2.24, 2.45) is 0 Å². The van der Waals surface area contributed by atoms with E-state index in [1.54, 1.807) is 0 Å². The van der Waals surface area contributed by atoms with Gasteiger partial charge >= 0.3 is 0 Å². The summed E-state index contributed by atoms with van der Waals surface area (Å²) in [5.41, 5.74) is 3.87. The molecular weight excluding hydrogens is 196 g/mol. The summed E-state index contributed by atoms with van der Waals surface area (Å²) in [5.74, 6) is 0. The number of hydrogen-bond donors (Lipinski definition) is 0. The van der Waals surface area contributed by atoms with E-state index in [1.165, 1.54) is 23.7 Å². The van der Waals surface area contributed by atoms with E-state index < -0.39 is 8.07 Å². The van der Waals surface area contributed by atoms with Crippen LogP contribution in [0.15, 0.2) is 36.0 Å². The molecule has 0 unspecified atom stereocenters. The van der Waals surface area contributed by atoms with Gasteiger partial charge in [0.25, 0.3) is 0 Å². The first-order valence-electron chi connectivity index (χ1n) is 6.00. The lowest BCUT2D eigenvalue weighted by molar-refractivity contribution is 1.20. The molecule has 0 bridgehead atoms. The maximum Gasteiger partial charge on any atom is 0.0770 e. The lowest BCUT2D eigenvalue weighted by Crippen LogP contribution is -2.28. The van der Waals surface area contributed by atoms with Gasteiger partial charge in [0.15, 0.2) is 0 Å². The van der Waals surface area contributed by atoms with Crippen LogP contribution >= 0.6 is 0 Å². The first-order valence-corrected chi connectivity index (χ1v) is 8.70. The van der Waals surface area contributed by atoms with Crippen molar-refractivity contribution in [3.05, 3.63) is 41.6 Å². The number of benzene rings is 1. The van der Waals surface area contributed by atoms with Crippen LogP contribution < -0.4 is 0 Å². The Hall–Kier alpha value is -0.823. The highest BCUT2D eigenvalue weighted by atomic mass is 28.3. The lowest BCUT2D eigenvalue weighted by atomic mass is 10.2. The van der Waals surface area contributed by atoms with Gasteiger partial charge in [0.05, 0.1) is 8.07 Å². The van der Waals surface area contributed by atoms with E-state index in [4.69, 9.17) is 0 Å². The standard InChI is InChI=1S/C14H22Si/c1-4-15(5-2,6-3)13-12-14-10-8-7-9-11-14/h7-13H,4-6H2,1-3H3/b13-12-. The van der Waals surface area contributed by atoms with Gasteiger partial charge in [-0.15, -0.1) is 0 Å².